The molecule has 0 radical (unpaired) electrons. The zero-order valence-electron chi connectivity index (χ0n) is 9.46. The first-order valence-corrected chi connectivity index (χ1v) is 5.00. The van der Waals surface area contributed by atoms with Crippen molar-refractivity contribution in [3.63, 3.8) is 0 Å². The molecule has 0 aliphatic carbocycles. The summed E-state index contributed by atoms with van der Waals surface area (Å²) in [6.07, 6.45) is 1.02. The van der Waals surface area contributed by atoms with Gasteiger partial charge in [0.2, 0.25) is 0 Å². The molecule has 1 aromatic rings. The maximum Gasteiger partial charge on any atom is 0.152 e. The first-order chi connectivity index (χ1) is 7.01. The lowest BCUT2D eigenvalue weighted by atomic mass is 9.88. The van der Waals surface area contributed by atoms with Crippen LogP contribution < -0.4 is 0 Å². The molecule has 0 aliphatic rings. The molecule has 0 spiro atoms. The van der Waals surface area contributed by atoms with E-state index in [9.17, 15) is 0 Å². The van der Waals surface area contributed by atoms with Gasteiger partial charge in [0, 0.05) is 11.5 Å². The molecule has 1 nitrogen and oxygen atoms in total. The van der Waals surface area contributed by atoms with Gasteiger partial charge in [-0.3, -0.25) is 0 Å². The topological polar surface area (TPSA) is 23.8 Å². The summed E-state index contributed by atoms with van der Waals surface area (Å²) in [5, 5.41) is 8.36. The molecule has 0 fully saturated rings. The van der Waals surface area contributed by atoms with Crippen LogP contribution in [0.15, 0.2) is 24.3 Å². The molecule has 0 bridgehead atoms. The summed E-state index contributed by atoms with van der Waals surface area (Å²) in [5.74, 6) is 5.22. The fourth-order valence-corrected chi connectivity index (χ4v) is 1.47. The number of rotatable bonds is 1. The fraction of sp³-hybridized carbons (Fsp3) is 0.357. The maximum atomic E-state index is 8.36. The Labute approximate surface area is 91.7 Å². The van der Waals surface area contributed by atoms with E-state index in [0.29, 0.717) is 0 Å². The third-order valence-corrected chi connectivity index (χ3v) is 1.92. The van der Waals surface area contributed by atoms with Gasteiger partial charge in [0.25, 0.3) is 0 Å². The summed E-state index contributed by atoms with van der Waals surface area (Å²) < 4.78 is 0. The van der Waals surface area contributed by atoms with Gasteiger partial charge in [0.05, 0.1) is 0 Å². The van der Waals surface area contributed by atoms with Gasteiger partial charge < -0.3 is 0 Å². The van der Waals surface area contributed by atoms with Crippen LogP contribution in [0.3, 0.4) is 0 Å². The second kappa shape index (κ2) is 4.67. The van der Waals surface area contributed by atoms with Crippen LogP contribution in [0.5, 0.6) is 0 Å². The van der Waals surface area contributed by atoms with Crippen molar-refractivity contribution in [2.45, 2.75) is 27.2 Å². The molecule has 0 aromatic heterocycles. The highest BCUT2D eigenvalue weighted by atomic mass is 14.2. The maximum absolute atomic E-state index is 8.36. The van der Waals surface area contributed by atoms with Crippen LogP contribution in [0, 0.1) is 28.6 Å². The molecule has 0 N–H and O–H groups in total. The van der Waals surface area contributed by atoms with Crippen LogP contribution in [-0.2, 0) is 6.42 Å². The van der Waals surface area contributed by atoms with Crippen LogP contribution >= 0.6 is 0 Å². The first-order valence-electron chi connectivity index (χ1n) is 5.00. The summed E-state index contributed by atoms with van der Waals surface area (Å²) in [4.78, 5) is 0. The van der Waals surface area contributed by atoms with E-state index in [4.69, 9.17) is 5.26 Å². The quantitative estimate of drug-likeness (QED) is 0.634. The van der Waals surface area contributed by atoms with Crippen molar-refractivity contribution < 1.29 is 0 Å². The Morgan fingerprint density at radius 2 is 2.00 bits per heavy atom. The van der Waals surface area contributed by atoms with Crippen molar-refractivity contribution >= 4 is 0 Å². The van der Waals surface area contributed by atoms with E-state index >= 15 is 0 Å². The van der Waals surface area contributed by atoms with Crippen molar-refractivity contribution in [1.29, 1.82) is 5.26 Å². The van der Waals surface area contributed by atoms with Gasteiger partial charge in [-0.25, -0.2) is 0 Å². The first kappa shape index (κ1) is 11.3. The highest BCUT2D eigenvalue weighted by Crippen LogP contribution is 2.20. The van der Waals surface area contributed by atoms with Crippen LogP contribution in [-0.4, -0.2) is 0 Å². The Balaban J connectivity index is 2.89. The summed E-state index contributed by atoms with van der Waals surface area (Å²) in [7, 11) is 0. The average Bonchev–Trinajstić information content (AvgIpc) is 2.12. The van der Waals surface area contributed by atoms with Gasteiger partial charge >= 0.3 is 0 Å². The molecular weight excluding hydrogens is 182 g/mol. The van der Waals surface area contributed by atoms with Gasteiger partial charge in [-0.15, -0.1) is 0 Å². The van der Waals surface area contributed by atoms with E-state index in [2.05, 4.69) is 44.7 Å². The molecular formula is C14H15N. The molecule has 0 saturated carbocycles. The van der Waals surface area contributed by atoms with E-state index in [1.54, 1.807) is 0 Å². The summed E-state index contributed by atoms with van der Waals surface area (Å²) in [5.41, 5.74) is 2.46. The molecule has 76 valence electrons. The Morgan fingerprint density at radius 3 is 2.60 bits per heavy atom. The van der Waals surface area contributed by atoms with Crippen LogP contribution in [0.1, 0.15) is 31.9 Å². The lowest BCUT2D eigenvalue weighted by molar-refractivity contribution is 0.411. The van der Waals surface area contributed by atoms with Crippen LogP contribution in [0.4, 0.5) is 0 Å². The van der Waals surface area contributed by atoms with Gasteiger partial charge in [-0.2, -0.15) is 5.26 Å². The van der Waals surface area contributed by atoms with Gasteiger partial charge in [0.15, 0.2) is 6.07 Å². The SMILES string of the molecule is CC(C)(C)Cc1cccc(C#CC#N)c1. The van der Waals surface area contributed by atoms with E-state index in [1.807, 2.05) is 18.2 Å². The van der Waals surface area contributed by atoms with Crippen molar-refractivity contribution in [3.8, 4) is 17.9 Å². The normalized spacial score (nSPS) is 10.0. The lowest BCUT2D eigenvalue weighted by Crippen LogP contribution is -2.08. The molecule has 0 amide bonds. The molecule has 15 heavy (non-hydrogen) atoms. The minimum Gasteiger partial charge on any atom is -0.183 e. The summed E-state index contributed by atoms with van der Waals surface area (Å²) in [6.45, 7) is 6.63. The van der Waals surface area contributed by atoms with E-state index < -0.39 is 0 Å². The number of hydrogen-bond donors (Lipinski definition) is 0. The van der Waals surface area contributed by atoms with E-state index in [1.165, 1.54) is 5.56 Å². The number of nitriles is 1. The number of nitrogens with zero attached hydrogens (tertiary/aromatic N) is 1. The smallest absolute Gasteiger partial charge is 0.152 e. The van der Waals surface area contributed by atoms with Crippen molar-refractivity contribution in [1.82, 2.24) is 0 Å². The van der Waals surface area contributed by atoms with Crippen LogP contribution in [0.25, 0.3) is 0 Å². The van der Waals surface area contributed by atoms with Gasteiger partial charge in [-0.1, -0.05) is 38.8 Å². The molecule has 1 heteroatoms. The number of hydrogen-bond acceptors (Lipinski definition) is 1. The Kier molecular flexibility index (Phi) is 3.53. The summed E-state index contributed by atoms with van der Waals surface area (Å²) in [6, 6.07) is 9.89. The highest BCUT2D eigenvalue weighted by molar-refractivity contribution is 5.40. The highest BCUT2D eigenvalue weighted by Gasteiger charge is 2.10. The Morgan fingerprint density at radius 1 is 1.27 bits per heavy atom. The van der Waals surface area contributed by atoms with E-state index in [-0.39, 0.29) is 5.41 Å². The molecule has 0 atom stereocenters. The Bertz CT molecular complexity index is 433. The number of benzene rings is 1. The second-order valence-corrected chi connectivity index (χ2v) is 4.80. The lowest BCUT2D eigenvalue weighted by Gasteiger charge is -2.17. The standard InChI is InChI=1S/C14H15N/c1-14(2,3)11-13-7-4-6-12(10-13)8-5-9-15/h4,6-7,10H,11H2,1-3H3. The predicted molar refractivity (Wildman–Crippen MR) is 62.1 cm³/mol. The minimum absolute atomic E-state index is 0.279. The average molecular weight is 197 g/mol. The summed E-state index contributed by atoms with van der Waals surface area (Å²) >= 11 is 0. The minimum atomic E-state index is 0.279. The zero-order valence-corrected chi connectivity index (χ0v) is 9.46. The fourth-order valence-electron chi connectivity index (χ4n) is 1.47. The van der Waals surface area contributed by atoms with Crippen molar-refractivity contribution in [2.24, 2.45) is 5.41 Å². The third kappa shape index (κ3) is 4.34. The second-order valence-electron chi connectivity index (χ2n) is 4.80. The largest absolute Gasteiger partial charge is 0.183 e. The Hall–Kier alpha value is -1.73. The van der Waals surface area contributed by atoms with Crippen molar-refractivity contribution in [2.75, 3.05) is 0 Å². The predicted octanol–water partition coefficient (Wildman–Crippen LogP) is 3.15. The van der Waals surface area contributed by atoms with Gasteiger partial charge in [0.1, 0.15) is 0 Å². The molecule has 1 rings (SSSR count). The van der Waals surface area contributed by atoms with Crippen LogP contribution in [0.2, 0.25) is 0 Å². The molecule has 0 heterocycles. The molecule has 1 aromatic carbocycles. The monoisotopic (exact) mass is 197 g/mol. The zero-order chi connectivity index (χ0) is 11.3. The van der Waals surface area contributed by atoms with Crippen molar-refractivity contribution in [3.05, 3.63) is 35.4 Å². The third-order valence-electron chi connectivity index (χ3n) is 1.92. The molecule has 0 aliphatic heterocycles. The molecule has 0 saturated heterocycles. The van der Waals surface area contributed by atoms with E-state index in [0.717, 1.165) is 12.0 Å². The van der Waals surface area contributed by atoms with Gasteiger partial charge in [-0.05, 0) is 29.5 Å². The molecule has 0 unspecified atom stereocenters.